The number of ether oxygens (including phenoxy) is 1. The van der Waals surface area contributed by atoms with Gasteiger partial charge in [0.05, 0.1) is 18.4 Å². The van der Waals surface area contributed by atoms with E-state index >= 15 is 0 Å². The van der Waals surface area contributed by atoms with E-state index in [0.29, 0.717) is 25.4 Å². The monoisotopic (exact) mass is 562 g/mol. The summed E-state index contributed by atoms with van der Waals surface area (Å²) in [6, 6.07) is 17.8. The number of carbonyl (C=O) groups is 1. The first-order chi connectivity index (χ1) is 15.6. The van der Waals surface area contributed by atoms with Crippen molar-refractivity contribution in [2.24, 2.45) is 4.99 Å². The van der Waals surface area contributed by atoms with Gasteiger partial charge in [-0.3, -0.25) is 9.79 Å². The molecule has 176 valence electrons. The van der Waals surface area contributed by atoms with Crippen molar-refractivity contribution >= 4 is 35.8 Å². The zero-order valence-electron chi connectivity index (χ0n) is 19.2. The number of likely N-dealkylation sites (N-methyl/N-ethyl adjacent to an activating group) is 1. The summed E-state index contributed by atoms with van der Waals surface area (Å²) in [7, 11) is 3.72. The molecular weight excluding hydrogens is 531 g/mol. The highest BCUT2D eigenvalue weighted by Crippen LogP contribution is 2.17. The van der Waals surface area contributed by atoms with Gasteiger partial charge in [0, 0.05) is 27.2 Å². The topological polar surface area (TPSA) is 94.6 Å². The Kier molecular flexibility index (Phi) is 10.7. The first-order valence-corrected chi connectivity index (χ1v) is 10.6. The number of benzene rings is 2. The molecule has 3 rings (SSSR count). The maximum absolute atomic E-state index is 11.6. The third-order valence-electron chi connectivity index (χ3n) is 4.77. The van der Waals surface area contributed by atoms with Crippen molar-refractivity contribution in [3.05, 3.63) is 72.2 Å². The Morgan fingerprint density at radius 3 is 2.67 bits per heavy atom. The van der Waals surface area contributed by atoms with Crippen LogP contribution >= 0.6 is 24.0 Å². The second-order valence-corrected chi connectivity index (χ2v) is 7.26. The summed E-state index contributed by atoms with van der Waals surface area (Å²) < 4.78 is 5.57. The van der Waals surface area contributed by atoms with E-state index in [4.69, 9.17) is 4.74 Å². The van der Waals surface area contributed by atoms with Crippen molar-refractivity contribution in [1.29, 1.82) is 0 Å². The quantitative estimate of drug-likeness (QED) is 0.211. The molecule has 1 aromatic heterocycles. The number of amides is 1. The smallest absolute Gasteiger partial charge is 0.257 e. The van der Waals surface area contributed by atoms with Gasteiger partial charge in [0.2, 0.25) is 0 Å². The Hall–Kier alpha value is -3.08. The molecule has 33 heavy (non-hydrogen) atoms. The Bertz CT molecular complexity index is 1040. The third kappa shape index (κ3) is 8.08. The molecule has 0 unspecified atom stereocenters. The minimum Gasteiger partial charge on any atom is -0.484 e. The van der Waals surface area contributed by atoms with E-state index in [1.54, 1.807) is 7.05 Å². The molecule has 9 heteroatoms. The number of aromatic nitrogens is 2. The number of rotatable bonds is 9. The zero-order valence-corrected chi connectivity index (χ0v) is 21.5. The minimum absolute atomic E-state index is 0. The van der Waals surface area contributed by atoms with E-state index in [9.17, 15) is 4.79 Å². The normalized spacial score (nSPS) is 10.8. The standard InChI is InChI=1S/C24H30N6O2.HI/c1-4-26-23(31)17-32-20-12-8-9-18(13-20)14-28-24(25-2)30(3)16-22-27-15-21(29-22)19-10-6-5-7-11-19;/h5-13,15H,4,14,16-17H2,1-3H3,(H,25,28)(H,26,31)(H,27,29);1H. The van der Waals surface area contributed by atoms with Crippen LogP contribution in [0.25, 0.3) is 11.3 Å². The highest BCUT2D eigenvalue weighted by atomic mass is 127. The number of hydrogen-bond donors (Lipinski definition) is 3. The van der Waals surface area contributed by atoms with Crippen molar-refractivity contribution < 1.29 is 9.53 Å². The number of nitrogens with zero attached hydrogens (tertiary/aromatic N) is 3. The SMILES string of the molecule is CCNC(=O)COc1cccc(CNC(=NC)N(C)Cc2ncc(-c3ccccc3)[nH]2)c1.I. The molecule has 0 radical (unpaired) electrons. The van der Waals surface area contributed by atoms with Gasteiger partial charge < -0.3 is 25.3 Å². The highest BCUT2D eigenvalue weighted by Gasteiger charge is 2.10. The van der Waals surface area contributed by atoms with Crippen molar-refractivity contribution in [3.63, 3.8) is 0 Å². The number of guanidine groups is 1. The molecule has 0 saturated heterocycles. The van der Waals surface area contributed by atoms with Crippen molar-refractivity contribution in [2.75, 3.05) is 27.2 Å². The van der Waals surface area contributed by atoms with Gasteiger partial charge in [-0.1, -0.05) is 42.5 Å². The largest absolute Gasteiger partial charge is 0.484 e. The molecule has 0 atom stereocenters. The maximum Gasteiger partial charge on any atom is 0.257 e. The highest BCUT2D eigenvalue weighted by molar-refractivity contribution is 14.0. The van der Waals surface area contributed by atoms with Gasteiger partial charge in [-0.15, -0.1) is 24.0 Å². The average molecular weight is 562 g/mol. The van der Waals surface area contributed by atoms with Crippen molar-refractivity contribution in [1.82, 2.24) is 25.5 Å². The molecule has 8 nitrogen and oxygen atoms in total. The number of hydrogen-bond acceptors (Lipinski definition) is 4. The lowest BCUT2D eigenvalue weighted by Gasteiger charge is -2.21. The van der Waals surface area contributed by atoms with E-state index in [-0.39, 0.29) is 36.5 Å². The average Bonchev–Trinajstić information content (AvgIpc) is 3.28. The lowest BCUT2D eigenvalue weighted by molar-refractivity contribution is -0.122. The summed E-state index contributed by atoms with van der Waals surface area (Å²) in [6.07, 6.45) is 1.85. The number of aromatic amines is 1. The zero-order chi connectivity index (χ0) is 22.8. The summed E-state index contributed by atoms with van der Waals surface area (Å²) in [5, 5.41) is 6.07. The molecule has 2 aromatic carbocycles. The first-order valence-electron chi connectivity index (χ1n) is 10.6. The van der Waals surface area contributed by atoms with Crippen LogP contribution < -0.4 is 15.4 Å². The molecular formula is C24H31IN6O2. The minimum atomic E-state index is -0.133. The predicted molar refractivity (Wildman–Crippen MR) is 142 cm³/mol. The third-order valence-corrected chi connectivity index (χ3v) is 4.77. The number of halogens is 1. The molecule has 3 N–H and O–H groups in total. The van der Waals surface area contributed by atoms with Gasteiger partial charge in [-0.25, -0.2) is 4.98 Å². The fourth-order valence-electron chi connectivity index (χ4n) is 3.21. The van der Waals surface area contributed by atoms with Crippen LogP contribution in [-0.2, 0) is 17.9 Å². The molecule has 0 aliphatic carbocycles. The van der Waals surface area contributed by atoms with E-state index in [1.807, 2.05) is 67.5 Å². The van der Waals surface area contributed by atoms with Gasteiger partial charge in [-0.2, -0.15) is 0 Å². The predicted octanol–water partition coefficient (Wildman–Crippen LogP) is 3.42. The number of H-pyrrole nitrogens is 1. The van der Waals surface area contributed by atoms with E-state index < -0.39 is 0 Å². The van der Waals surface area contributed by atoms with Gasteiger partial charge >= 0.3 is 0 Å². The second-order valence-electron chi connectivity index (χ2n) is 7.26. The van der Waals surface area contributed by atoms with E-state index in [0.717, 1.165) is 28.6 Å². The Morgan fingerprint density at radius 1 is 1.15 bits per heavy atom. The lowest BCUT2D eigenvalue weighted by atomic mass is 10.2. The number of aliphatic imine (C=N–C) groups is 1. The molecule has 0 spiro atoms. The summed E-state index contributed by atoms with van der Waals surface area (Å²) in [5.74, 6) is 2.13. The maximum atomic E-state index is 11.6. The Balaban J connectivity index is 0.00000385. The molecule has 0 bridgehead atoms. The molecule has 1 heterocycles. The molecule has 3 aromatic rings. The first kappa shape index (κ1) is 26.2. The van der Waals surface area contributed by atoms with Gasteiger partial charge in [0.1, 0.15) is 11.6 Å². The van der Waals surface area contributed by atoms with Crippen molar-refractivity contribution in [2.45, 2.75) is 20.0 Å². The van der Waals surface area contributed by atoms with Gasteiger partial charge in [0.25, 0.3) is 5.91 Å². The molecule has 0 saturated carbocycles. The fraction of sp³-hybridized carbons (Fsp3) is 0.292. The summed E-state index contributed by atoms with van der Waals surface area (Å²) in [5.41, 5.74) is 3.12. The molecule has 1 amide bonds. The Labute approximate surface area is 211 Å². The van der Waals surface area contributed by atoms with Crippen LogP contribution in [0, 0.1) is 0 Å². The summed E-state index contributed by atoms with van der Waals surface area (Å²) >= 11 is 0. The van der Waals surface area contributed by atoms with Crippen LogP contribution in [0.4, 0.5) is 0 Å². The fourth-order valence-corrected chi connectivity index (χ4v) is 3.21. The number of imidazole rings is 1. The molecule has 0 aliphatic heterocycles. The van der Waals surface area contributed by atoms with Crippen LogP contribution in [0.1, 0.15) is 18.3 Å². The lowest BCUT2D eigenvalue weighted by Crippen LogP contribution is -2.38. The second kappa shape index (κ2) is 13.5. The van der Waals surface area contributed by atoms with Crippen LogP contribution in [0.2, 0.25) is 0 Å². The summed E-state index contributed by atoms with van der Waals surface area (Å²) in [4.78, 5) is 25.8. The molecule has 0 aliphatic rings. The van der Waals surface area contributed by atoms with Gasteiger partial charge in [-0.05, 0) is 30.2 Å². The van der Waals surface area contributed by atoms with Crippen LogP contribution in [-0.4, -0.2) is 54.0 Å². The molecule has 0 fully saturated rings. The Morgan fingerprint density at radius 2 is 1.94 bits per heavy atom. The van der Waals surface area contributed by atoms with Gasteiger partial charge in [0.15, 0.2) is 12.6 Å². The van der Waals surface area contributed by atoms with Crippen molar-refractivity contribution in [3.8, 4) is 17.0 Å². The van der Waals surface area contributed by atoms with Crippen LogP contribution in [0.3, 0.4) is 0 Å². The van der Waals surface area contributed by atoms with Crippen LogP contribution in [0.5, 0.6) is 5.75 Å². The number of nitrogens with one attached hydrogen (secondary N) is 3. The van der Waals surface area contributed by atoms with E-state index in [2.05, 4.69) is 37.7 Å². The number of carbonyl (C=O) groups excluding carboxylic acids is 1. The summed E-state index contributed by atoms with van der Waals surface area (Å²) in [6.45, 7) is 3.63. The van der Waals surface area contributed by atoms with Crippen LogP contribution in [0.15, 0.2) is 65.8 Å². The van der Waals surface area contributed by atoms with E-state index in [1.165, 1.54) is 0 Å².